The van der Waals surface area contributed by atoms with Crippen molar-refractivity contribution in [3.63, 3.8) is 0 Å². The van der Waals surface area contributed by atoms with Crippen LogP contribution in [0.5, 0.6) is 5.75 Å². The second kappa shape index (κ2) is 6.14. The van der Waals surface area contributed by atoms with Gasteiger partial charge in [0.05, 0.1) is 6.54 Å². The highest BCUT2D eigenvalue weighted by atomic mass is 19.1. The summed E-state index contributed by atoms with van der Waals surface area (Å²) in [6.07, 6.45) is -0.833. The monoisotopic (exact) mass is 279 g/mol. The first-order valence-corrected chi connectivity index (χ1v) is 6.04. The normalized spacial score (nSPS) is 11.9. The summed E-state index contributed by atoms with van der Waals surface area (Å²) < 4.78 is 23.4. The second-order valence-electron chi connectivity index (χ2n) is 4.14. The van der Waals surface area contributed by atoms with Gasteiger partial charge in [-0.1, -0.05) is 17.3 Å². The third kappa shape index (κ3) is 3.53. The van der Waals surface area contributed by atoms with Crippen LogP contribution in [0.2, 0.25) is 0 Å². The van der Waals surface area contributed by atoms with Crippen molar-refractivity contribution in [2.75, 3.05) is 0 Å². The first kappa shape index (κ1) is 14.0. The molecule has 1 unspecified atom stereocenters. The molecule has 1 amide bonds. The van der Waals surface area contributed by atoms with Crippen LogP contribution in [0.15, 0.2) is 28.8 Å². The molecule has 0 aliphatic carbocycles. The van der Waals surface area contributed by atoms with Gasteiger partial charge < -0.3 is 14.6 Å². The van der Waals surface area contributed by atoms with Gasteiger partial charge in [-0.15, -0.1) is 0 Å². The molecule has 1 atom stereocenters. The van der Waals surface area contributed by atoms with Gasteiger partial charge in [-0.2, -0.15) is 4.98 Å². The molecule has 7 heteroatoms. The summed E-state index contributed by atoms with van der Waals surface area (Å²) in [6.45, 7) is 3.31. The maximum atomic E-state index is 13.4. The minimum atomic E-state index is -0.833. The van der Waals surface area contributed by atoms with Crippen molar-refractivity contribution in [1.82, 2.24) is 15.5 Å². The quantitative estimate of drug-likeness (QED) is 0.899. The molecular formula is C13H14FN3O3. The fourth-order valence-corrected chi connectivity index (χ4v) is 1.51. The number of amides is 1. The zero-order valence-corrected chi connectivity index (χ0v) is 11.1. The summed E-state index contributed by atoms with van der Waals surface area (Å²) in [4.78, 5) is 15.7. The summed E-state index contributed by atoms with van der Waals surface area (Å²) in [5, 5.41) is 6.22. The van der Waals surface area contributed by atoms with Crippen molar-refractivity contribution in [3.05, 3.63) is 41.8 Å². The molecule has 20 heavy (non-hydrogen) atoms. The zero-order chi connectivity index (χ0) is 14.5. The van der Waals surface area contributed by atoms with Gasteiger partial charge in [0, 0.05) is 6.92 Å². The van der Waals surface area contributed by atoms with Crippen LogP contribution in [0.3, 0.4) is 0 Å². The predicted molar refractivity (Wildman–Crippen MR) is 67.4 cm³/mol. The highest BCUT2D eigenvalue weighted by Crippen LogP contribution is 2.16. The van der Waals surface area contributed by atoms with E-state index in [1.165, 1.54) is 19.1 Å². The molecule has 2 rings (SSSR count). The molecule has 1 heterocycles. The van der Waals surface area contributed by atoms with Crippen LogP contribution in [0.1, 0.15) is 18.6 Å². The molecular weight excluding hydrogens is 265 g/mol. The van der Waals surface area contributed by atoms with Gasteiger partial charge >= 0.3 is 0 Å². The maximum Gasteiger partial charge on any atom is 0.261 e. The van der Waals surface area contributed by atoms with Crippen LogP contribution in [0, 0.1) is 12.7 Å². The van der Waals surface area contributed by atoms with E-state index in [0.29, 0.717) is 11.7 Å². The van der Waals surface area contributed by atoms with E-state index < -0.39 is 17.8 Å². The highest BCUT2D eigenvalue weighted by molar-refractivity contribution is 5.80. The molecule has 1 aromatic heterocycles. The van der Waals surface area contributed by atoms with Crippen LogP contribution in [0.25, 0.3) is 0 Å². The average molecular weight is 279 g/mol. The van der Waals surface area contributed by atoms with Crippen LogP contribution in [-0.2, 0) is 11.3 Å². The lowest BCUT2D eigenvalue weighted by atomic mass is 10.3. The molecule has 0 spiro atoms. The summed E-state index contributed by atoms with van der Waals surface area (Å²) in [7, 11) is 0. The number of nitrogens with zero attached hydrogens (tertiary/aromatic N) is 2. The van der Waals surface area contributed by atoms with Gasteiger partial charge in [0.1, 0.15) is 0 Å². The zero-order valence-electron chi connectivity index (χ0n) is 11.1. The SMILES string of the molecule is Cc1nc(CNC(=O)C(C)Oc2ccccc2F)no1. The van der Waals surface area contributed by atoms with E-state index >= 15 is 0 Å². The molecule has 0 bridgehead atoms. The number of carbonyl (C=O) groups is 1. The van der Waals surface area contributed by atoms with Crippen molar-refractivity contribution in [1.29, 1.82) is 0 Å². The summed E-state index contributed by atoms with van der Waals surface area (Å²) >= 11 is 0. The van der Waals surface area contributed by atoms with Gasteiger partial charge in [-0.05, 0) is 19.1 Å². The maximum absolute atomic E-state index is 13.4. The Morgan fingerprint density at radius 2 is 2.25 bits per heavy atom. The number of halogens is 1. The third-order valence-corrected chi connectivity index (χ3v) is 2.50. The van der Waals surface area contributed by atoms with Crippen molar-refractivity contribution in [3.8, 4) is 5.75 Å². The van der Waals surface area contributed by atoms with Crippen molar-refractivity contribution in [2.24, 2.45) is 0 Å². The molecule has 106 valence electrons. The minimum Gasteiger partial charge on any atom is -0.478 e. The van der Waals surface area contributed by atoms with E-state index in [1.807, 2.05) is 0 Å². The summed E-state index contributed by atoms with van der Waals surface area (Å²) in [6, 6.07) is 5.90. The number of hydrogen-bond acceptors (Lipinski definition) is 5. The number of aryl methyl sites for hydroxylation is 1. The Morgan fingerprint density at radius 1 is 1.50 bits per heavy atom. The summed E-state index contributed by atoms with van der Waals surface area (Å²) in [5.41, 5.74) is 0. The number of aromatic nitrogens is 2. The number of rotatable bonds is 5. The molecule has 0 aliphatic rings. The fraction of sp³-hybridized carbons (Fsp3) is 0.308. The van der Waals surface area contributed by atoms with Crippen LogP contribution in [-0.4, -0.2) is 22.2 Å². The van der Waals surface area contributed by atoms with E-state index in [1.54, 1.807) is 19.1 Å². The Balaban J connectivity index is 1.87. The topological polar surface area (TPSA) is 77.2 Å². The Kier molecular flexibility index (Phi) is 4.29. The van der Waals surface area contributed by atoms with Crippen molar-refractivity contribution in [2.45, 2.75) is 26.5 Å². The predicted octanol–water partition coefficient (Wildman–Crippen LogP) is 1.60. The first-order chi connectivity index (χ1) is 9.56. The van der Waals surface area contributed by atoms with E-state index in [9.17, 15) is 9.18 Å². The Labute approximate surface area is 114 Å². The average Bonchev–Trinajstić information content (AvgIpc) is 2.84. The number of nitrogens with one attached hydrogen (secondary N) is 1. The molecule has 0 saturated heterocycles. The first-order valence-electron chi connectivity index (χ1n) is 6.04. The highest BCUT2D eigenvalue weighted by Gasteiger charge is 2.16. The third-order valence-electron chi connectivity index (χ3n) is 2.50. The lowest BCUT2D eigenvalue weighted by Crippen LogP contribution is -2.36. The lowest BCUT2D eigenvalue weighted by Gasteiger charge is -2.14. The van der Waals surface area contributed by atoms with Gasteiger partial charge in [0.2, 0.25) is 5.89 Å². The summed E-state index contributed by atoms with van der Waals surface area (Å²) in [5.74, 6) is -0.0824. The van der Waals surface area contributed by atoms with Gasteiger partial charge in [-0.25, -0.2) is 4.39 Å². The second-order valence-corrected chi connectivity index (χ2v) is 4.14. The van der Waals surface area contributed by atoms with E-state index in [0.717, 1.165) is 0 Å². The molecule has 0 saturated carbocycles. The van der Waals surface area contributed by atoms with Crippen LogP contribution in [0.4, 0.5) is 4.39 Å². The van der Waals surface area contributed by atoms with E-state index in [-0.39, 0.29) is 12.3 Å². The Morgan fingerprint density at radius 3 is 2.90 bits per heavy atom. The Hall–Kier alpha value is -2.44. The van der Waals surface area contributed by atoms with Crippen molar-refractivity contribution < 1.29 is 18.4 Å². The van der Waals surface area contributed by atoms with Crippen molar-refractivity contribution >= 4 is 5.91 Å². The standard InChI is InChI=1S/C13H14FN3O3/c1-8(19-11-6-4-3-5-10(11)14)13(18)15-7-12-16-9(2)20-17-12/h3-6,8H,7H2,1-2H3,(H,15,18). The molecule has 0 fully saturated rings. The molecule has 1 aromatic carbocycles. The number of ether oxygens (including phenoxy) is 1. The number of carbonyl (C=O) groups excluding carboxylic acids is 1. The fourth-order valence-electron chi connectivity index (χ4n) is 1.51. The van der Waals surface area contributed by atoms with Gasteiger partial charge in [0.25, 0.3) is 5.91 Å². The smallest absolute Gasteiger partial charge is 0.261 e. The molecule has 6 nitrogen and oxygen atoms in total. The lowest BCUT2D eigenvalue weighted by molar-refractivity contribution is -0.127. The molecule has 0 radical (unpaired) electrons. The Bertz CT molecular complexity index is 600. The molecule has 2 aromatic rings. The number of para-hydroxylation sites is 1. The van der Waals surface area contributed by atoms with Gasteiger partial charge in [0.15, 0.2) is 23.5 Å². The molecule has 1 N–H and O–H groups in total. The molecule has 0 aliphatic heterocycles. The van der Waals surface area contributed by atoms with Gasteiger partial charge in [-0.3, -0.25) is 4.79 Å². The largest absolute Gasteiger partial charge is 0.478 e. The number of hydrogen-bond donors (Lipinski definition) is 1. The number of benzene rings is 1. The van der Waals surface area contributed by atoms with Crippen LogP contribution < -0.4 is 10.1 Å². The van der Waals surface area contributed by atoms with E-state index in [4.69, 9.17) is 9.26 Å². The van der Waals surface area contributed by atoms with E-state index in [2.05, 4.69) is 15.5 Å². The minimum absolute atomic E-state index is 0.0329. The van der Waals surface area contributed by atoms with Crippen LogP contribution >= 0.6 is 0 Å².